The van der Waals surface area contributed by atoms with Gasteiger partial charge in [-0.2, -0.15) is 0 Å². The predicted molar refractivity (Wildman–Crippen MR) is 65.7 cm³/mol. The molecule has 3 aromatic heterocycles. The van der Waals surface area contributed by atoms with Gasteiger partial charge in [0.15, 0.2) is 0 Å². The summed E-state index contributed by atoms with van der Waals surface area (Å²) >= 11 is 0. The van der Waals surface area contributed by atoms with E-state index in [0.717, 1.165) is 16.7 Å². The zero-order chi connectivity index (χ0) is 11.7. The Morgan fingerprint density at radius 3 is 1.29 bits per heavy atom. The quantitative estimate of drug-likeness (QED) is 0.662. The van der Waals surface area contributed by atoms with Gasteiger partial charge in [0.1, 0.15) is 0 Å². The van der Waals surface area contributed by atoms with Crippen molar-refractivity contribution in [3.05, 3.63) is 72.5 Å². The summed E-state index contributed by atoms with van der Waals surface area (Å²) in [5, 5.41) is -0.396. The van der Waals surface area contributed by atoms with E-state index >= 15 is 0 Å². The second-order valence-electron chi connectivity index (χ2n) is 3.84. The first kappa shape index (κ1) is 10.4. The molecular formula is C13H11O3P. The predicted octanol–water partition coefficient (Wildman–Crippen LogP) is 3.63. The molecule has 3 nitrogen and oxygen atoms in total. The summed E-state index contributed by atoms with van der Waals surface area (Å²) < 4.78 is 15.5. The van der Waals surface area contributed by atoms with Crippen molar-refractivity contribution in [2.24, 2.45) is 0 Å². The van der Waals surface area contributed by atoms with E-state index in [1.807, 2.05) is 18.2 Å². The van der Waals surface area contributed by atoms with Gasteiger partial charge in [-0.15, -0.1) is 9.24 Å². The Hall–Kier alpha value is -1.73. The third-order valence-electron chi connectivity index (χ3n) is 2.93. The summed E-state index contributed by atoms with van der Waals surface area (Å²) in [6.07, 6.45) is 10.2. The fraction of sp³-hybridized carbons (Fsp3) is 0.0769. The van der Waals surface area contributed by atoms with Crippen LogP contribution in [0.1, 0.15) is 16.7 Å². The van der Waals surface area contributed by atoms with Crippen LogP contribution in [0.5, 0.6) is 0 Å². The highest BCUT2D eigenvalue weighted by atomic mass is 31.0. The highest BCUT2D eigenvalue weighted by molar-refractivity contribution is 7.19. The van der Waals surface area contributed by atoms with Crippen LogP contribution in [0.2, 0.25) is 0 Å². The Balaban J connectivity index is 2.21. The van der Waals surface area contributed by atoms with E-state index < -0.39 is 5.16 Å². The van der Waals surface area contributed by atoms with Gasteiger partial charge in [0.25, 0.3) is 0 Å². The van der Waals surface area contributed by atoms with Gasteiger partial charge >= 0.3 is 0 Å². The van der Waals surface area contributed by atoms with Crippen LogP contribution < -0.4 is 0 Å². The molecule has 3 aromatic rings. The Morgan fingerprint density at radius 2 is 1.06 bits per heavy atom. The van der Waals surface area contributed by atoms with Crippen molar-refractivity contribution < 1.29 is 13.3 Å². The van der Waals surface area contributed by atoms with Crippen molar-refractivity contribution in [3.8, 4) is 0 Å². The average Bonchev–Trinajstić information content (AvgIpc) is 3.10. The smallest absolute Gasteiger partial charge is 0.0950 e. The summed E-state index contributed by atoms with van der Waals surface area (Å²) in [7, 11) is 2.85. The minimum Gasteiger partial charge on any atom is -0.472 e. The molecule has 1 atom stereocenters. The average molecular weight is 246 g/mol. The van der Waals surface area contributed by atoms with Crippen LogP contribution in [0.25, 0.3) is 0 Å². The lowest BCUT2D eigenvalue weighted by Gasteiger charge is -2.25. The largest absolute Gasteiger partial charge is 0.472 e. The molecule has 0 aliphatic rings. The molecule has 0 fully saturated rings. The number of furan rings is 3. The lowest BCUT2D eigenvalue weighted by Crippen LogP contribution is -2.19. The Labute approximate surface area is 101 Å². The molecule has 3 rings (SSSR count). The summed E-state index contributed by atoms with van der Waals surface area (Å²) in [6.45, 7) is 0. The monoisotopic (exact) mass is 246 g/mol. The summed E-state index contributed by atoms with van der Waals surface area (Å²) in [6, 6.07) is 5.81. The second-order valence-corrected chi connectivity index (χ2v) is 4.71. The zero-order valence-electron chi connectivity index (χ0n) is 9.00. The van der Waals surface area contributed by atoms with E-state index in [2.05, 4.69) is 9.24 Å². The molecule has 4 heteroatoms. The molecular weight excluding hydrogens is 235 g/mol. The number of hydrogen-bond acceptors (Lipinski definition) is 3. The molecule has 0 N–H and O–H groups in total. The fourth-order valence-electron chi connectivity index (χ4n) is 1.97. The van der Waals surface area contributed by atoms with Gasteiger partial charge in [-0.1, -0.05) is 0 Å². The molecule has 17 heavy (non-hydrogen) atoms. The van der Waals surface area contributed by atoms with E-state index in [1.54, 1.807) is 37.6 Å². The van der Waals surface area contributed by atoms with Crippen molar-refractivity contribution in [2.45, 2.75) is 5.16 Å². The van der Waals surface area contributed by atoms with Gasteiger partial charge in [-0.25, -0.2) is 0 Å². The van der Waals surface area contributed by atoms with Crippen molar-refractivity contribution in [1.82, 2.24) is 0 Å². The van der Waals surface area contributed by atoms with Gasteiger partial charge in [0.2, 0.25) is 0 Å². The fourth-order valence-corrected chi connectivity index (χ4v) is 2.46. The Bertz CT molecular complexity index is 480. The van der Waals surface area contributed by atoms with Gasteiger partial charge in [-0.05, 0) is 18.2 Å². The van der Waals surface area contributed by atoms with E-state index in [1.165, 1.54) is 0 Å². The standard InChI is InChI=1S/C13H11O3P/c17-13(10-1-4-14-7-10,11-2-5-15-8-11)12-3-6-16-9-12/h1-9H,17H2. The molecule has 0 saturated heterocycles. The van der Waals surface area contributed by atoms with E-state index in [9.17, 15) is 0 Å². The van der Waals surface area contributed by atoms with Gasteiger partial charge in [0.05, 0.1) is 42.7 Å². The molecule has 0 aromatic carbocycles. The molecule has 86 valence electrons. The maximum absolute atomic E-state index is 5.18. The van der Waals surface area contributed by atoms with Crippen LogP contribution in [0.4, 0.5) is 0 Å². The Morgan fingerprint density at radius 1 is 0.706 bits per heavy atom. The molecule has 0 radical (unpaired) electrons. The van der Waals surface area contributed by atoms with Gasteiger partial charge in [-0.3, -0.25) is 0 Å². The van der Waals surface area contributed by atoms with Crippen LogP contribution in [0.15, 0.2) is 69.0 Å². The van der Waals surface area contributed by atoms with E-state index in [4.69, 9.17) is 13.3 Å². The lowest BCUT2D eigenvalue weighted by atomic mass is 9.88. The highest BCUT2D eigenvalue weighted by Gasteiger charge is 2.34. The normalized spacial score (nSPS) is 11.8. The Kier molecular flexibility index (Phi) is 2.41. The third-order valence-corrected chi connectivity index (χ3v) is 3.93. The van der Waals surface area contributed by atoms with Crippen molar-refractivity contribution >= 4 is 9.24 Å². The summed E-state index contributed by atoms with van der Waals surface area (Å²) in [5.74, 6) is 0. The molecule has 1 unspecified atom stereocenters. The van der Waals surface area contributed by atoms with Crippen LogP contribution in [0.3, 0.4) is 0 Å². The van der Waals surface area contributed by atoms with Crippen LogP contribution in [-0.4, -0.2) is 0 Å². The maximum atomic E-state index is 5.18. The number of rotatable bonds is 3. The molecule has 0 bridgehead atoms. The van der Waals surface area contributed by atoms with Crippen molar-refractivity contribution in [1.29, 1.82) is 0 Å². The van der Waals surface area contributed by atoms with E-state index in [0.29, 0.717) is 0 Å². The van der Waals surface area contributed by atoms with Crippen LogP contribution in [-0.2, 0) is 5.16 Å². The summed E-state index contributed by atoms with van der Waals surface area (Å²) in [5.41, 5.74) is 3.10. The first-order valence-corrected chi connectivity index (χ1v) is 5.76. The minimum atomic E-state index is -0.396. The van der Waals surface area contributed by atoms with Crippen LogP contribution in [0, 0.1) is 0 Å². The number of hydrogen-bond donors (Lipinski definition) is 0. The molecule has 0 aliphatic carbocycles. The minimum absolute atomic E-state index is 0.396. The molecule has 0 spiro atoms. The molecule has 0 amide bonds. The lowest BCUT2D eigenvalue weighted by molar-refractivity contribution is 0.552. The van der Waals surface area contributed by atoms with Crippen LogP contribution >= 0.6 is 9.24 Å². The van der Waals surface area contributed by atoms with Gasteiger partial charge < -0.3 is 13.3 Å². The van der Waals surface area contributed by atoms with Crippen molar-refractivity contribution in [2.75, 3.05) is 0 Å². The SMILES string of the molecule is PC(c1ccoc1)(c1ccoc1)c1ccoc1. The maximum Gasteiger partial charge on any atom is 0.0950 e. The van der Waals surface area contributed by atoms with E-state index in [-0.39, 0.29) is 0 Å². The topological polar surface area (TPSA) is 39.4 Å². The third kappa shape index (κ3) is 1.55. The summed E-state index contributed by atoms with van der Waals surface area (Å²) in [4.78, 5) is 0. The van der Waals surface area contributed by atoms with Crippen molar-refractivity contribution in [3.63, 3.8) is 0 Å². The molecule has 3 heterocycles. The highest BCUT2D eigenvalue weighted by Crippen LogP contribution is 2.45. The second kappa shape index (κ2) is 3.94. The molecule has 0 saturated carbocycles. The van der Waals surface area contributed by atoms with Gasteiger partial charge in [0, 0.05) is 16.7 Å². The molecule has 0 aliphatic heterocycles. The first-order chi connectivity index (χ1) is 8.32. The first-order valence-electron chi connectivity index (χ1n) is 5.18. The zero-order valence-corrected chi connectivity index (χ0v) is 10.2.